The van der Waals surface area contributed by atoms with Crippen molar-refractivity contribution in [2.45, 2.75) is 18.9 Å². The highest BCUT2D eigenvalue weighted by Crippen LogP contribution is 2.24. The summed E-state index contributed by atoms with van der Waals surface area (Å²) in [6.07, 6.45) is 0.324. The first kappa shape index (κ1) is 19.4. The van der Waals surface area contributed by atoms with Gasteiger partial charge in [-0.3, -0.25) is 9.59 Å². The Bertz CT molecular complexity index is 585. The summed E-state index contributed by atoms with van der Waals surface area (Å²) < 4.78 is 4.89. The lowest BCUT2D eigenvalue weighted by Gasteiger charge is -2.13. The maximum Gasteiger partial charge on any atom is 0.341 e. The first-order valence-corrected chi connectivity index (χ1v) is 7.59. The average molecular weight is 361 g/mol. The standard InChI is InChI=1S/C15H18Cl2N2O4/c1-19(2)13(21)7-6-11(18)12(20)8-23-15(22)14-9(16)4-3-5-10(14)17/h3-5,11H,6-8,18H2,1-2H3. The van der Waals surface area contributed by atoms with Crippen molar-refractivity contribution in [3.8, 4) is 0 Å². The Morgan fingerprint density at radius 2 is 1.78 bits per heavy atom. The largest absolute Gasteiger partial charge is 0.454 e. The van der Waals surface area contributed by atoms with Crippen LogP contribution in [-0.4, -0.2) is 49.3 Å². The predicted molar refractivity (Wildman–Crippen MR) is 87.7 cm³/mol. The van der Waals surface area contributed by atoms with Crippen LogP contribution in [0.2, 0.25) is 10.0 Å². The molecule has 1 amide bonds. The fraction of sp³-hybridized carbons (Fsp3) is 0.400. The van der Waals surface area contributed by atoms with Crippen molar-refractivity contribution in [2.75, 3.05) is 20.7 Å². The molecule has 0 aliphatic heterocycles. The summed E-state index contributed by atoms with van der Waals surface area (Å²) >= 11 is 11.8. The molecule has 1 aromatic carbocycles. The van der Waals surface area contributed by atoms with Crippen LogP contribution in [-0.2, 0) is 14.3 Å². The summed E-state index contributed by atoms with van der Waals surface area (Å²) in [5.74, 6) is -1.41. The van der Waals surface area contributed by atoms with Crippen LogP contribution in [0, 0.1) is 0 Å². The molecule has 0 aromatic heterocycles. The number of hydrogen-bond donors (Lipinski definition) is 1. The molecule has 0 bridgehead atoms. The molecule has 1 unspecified atom stereocenters. The zero-order chi connectivity index (χ0) is 17.6. The fourth-order valence-corrected chi connectivity index (χ4v) is 2.22. The van der Waals surface area contributed by atoms with Crippen LogP contribution in [0.4, 0.5) is 0 Å². The summed E-state index contributed by atoms with van der Waals surface area (Å²) in [6.45, 7) is -0.502. The number of nitrogens with zero attached hydrogens (tertiary/aromatic N) is 1. The number of ketones is 1. The second-order valence-corrected chi connectivity index (χ2v) is 5.89. The Balaban J connectivity index is 2.52. The normalized spacial score (nSPS) is 11.7. The van der Waals surface area contributed by atoms with Crippen LogP contribution in [0.1, 0.15) is 23.2 Å². The minimum atomic E-state index is -0.881. The predicted octanol–water partition coefficient (Wildman–Crippen LogP) is 1.91. The number of rotatable bonds is 7. The van der Waals surface area contributed by atoms with Crippen LogP contribution in [0.5, 0.6) is 0 Å². The van der Waals surface area contributed by atoms with E-state index in [0.717, 1.165) is 0 Å². The third kappa shape index (κ3) is 5.82. The Morgan fingerprint density at radius 1 is 1.22 bits per heavy atom. The minimum Gasteiger partial charge on any atom is -0.454 e. The fourth-order valence-electron chi connectivity index (χ4n) is 1.67. The lowest BCUT2D eigenvalue weighted by Crippen LogP contribution is -2.35. The van der Waals surface area contributed by atoms with Crippen LogP contribution >= 0.6 is 23.2 Å². The first-order valence-electron chi connectivity index (χ1n) is 6.83. The van der Waals surface area contributed by atoms with E-state index in [1.807, 2.05) is 0 Å². The van der Waals surface area contributed by atoms with E-state index < -0.39 is 24.4 Å². The van der Waals surface area contributed by atoms with Crippen LogP contribution in [0.15, 0.2) is 18.2 Å². The Morgan fingerprint density at radius 3 is 2.30 bits per heavy atom. The van der Waals surface area contributed by atoms with Gasteiger partial charge in [0.1, 0.15) is 0 Å². The zero-order valence-corrected chi connectivity index (χ0v) is 14.4. The summed E-state index contributed by atoms with van der Waals surface area (Å²) in [5, 5.41) is 0.270. The number of benzene rings is 1. The number of hydrogen-bond acceptors (Lipinski definition) is 5. The summed E-state index contributed by atoms with van der Waals surface area (Å²) in [7, 11) is 3.23. The van der Waals surface area contributed by atoms with Gasteiger partial charge in [0.2, 0.25) is 5.91 Å². The first-order chi connectivity index (χ1) is 10.7. The SMILES string of the molecule is CN(C)C(=O)CCC(N)C(=O)COC(=O)c1c(Cl)cccc1Cl. The molecule has 1 rings (SSSR count). The van der Waals surface area contributed by atoms with Gasteiger partial charge in [-0.05, 0) is 18.6 Å². The summed E-state index contributed by atoms with van der Waals surface area (Å²) in [5.41, 5.74) is 5.69. The maximum atomic E-state index is 11.9. The van der Waals surface area contributed by atoms with Gasteiger partial charge in [0.05, 0.1) is 21.7 Å². The van der Waals surface area contributed by atoms with Gasteiger partial charge in [-0.2, -0.15) is 0 Å². The second-order valence-electron chi connectivity index (χ2n) is 5.07. The molecule has 23 heavy (non-hydrogen) atoms. The number of esters is 1. The second kappa shape index (κ2) is 8.86. The van der Waals surface area contributed by atoms with E-state index in [4.69, 9.17) is 33.7 Å². The average Bonchev–Trinajstić information content (AvgIpc) is 2.49. The zero-order valence-electron chi connectivity index (χ0n) is 12.8. The van der Waals surface area contributed by atoms with Gasteiger partial charge >= 0.3 is 5.97 Å². The number of nitrogens with two attached hydrogens (primary N) is 1. The molecule has 0 aliphatic carbocycles. The molecule has 0 radical (unpaired) electrons. The van der Waals surface area contributed by atoms with E-state index >= 15 is 0 Å². The van der Waals surface area contributed by atoms with Crippen LogP contribution in [0.3, 0.4) is 0 Å². The maximum absolute atomic E-state index is 11.9. The van der Waals surface area contributed by atoms with E-state index in [2.05, 4.69) is 0 Å². The molecule has 6 nitrogen and oxygen atoms in total. The van der Waals surface area contributed by atoms with Crippen molar-refractivity contribution in [1.82, 2.24) is 4.90 Å². The number of ether oxygens (including phenoxy) is 1. The van der Waals surface area contributed by atoms with Gasteiger partial charge in [0.15, 0.2) is 12.4 Å². The van der Waals surface area contributed by atoms with Gasteiger partial charge in [-0.15, -0.1) is 0 Å². The van der Waals surface area contributed by atoms with Crippen LogP contribution < -0.4 is 5.73 Å². The molecule has 0 saturated heterocycles. The Labute approximate surface area is 144 Å². The topological polar surface area (TPSA) is 89.7 Å². The highest BCUT2D eigenvalue weighted by atomic mass is 35.5. The van der Waals surface area contributed by atoms with Gasteiger partial charge in [-0.25, -0.2) is 4.79 Å². The van der Waals surface area contributed by atoms with Crippen molar-refractivity contribution in [3.05, 3.63) is 33.8 Å². The monoisotopic (exact) mass is 360 g/mol. The lowest BCUT2D eigenvalue weighted by atomic mass is 10.1. The minimum absolute atomic E-state index is 0.00000896. The molecule has 0 saturated carbocycles. The molecule has 1 aromatic rings. The molecule has 0 spiro atoms. The highest BCUT2D eigenvalue weighted by Gasteiger charge is 2.20. The number of carbonyl (C=O) groups is 3. The van der Waals surface area contributed by atoms with Crippen molar-refractivity contribution in [1.29, 1.82) is 0 Å². The lowest BCUT2D eigenvalue weighted by molar-refractivity contribution is -0.129. The van der Waals surface area contributed by atoms with E-state index in [-0.39, 0.29) is 34.4 Å². The van der Waals surface area contributed by atoms with E-state index in [1.165, 1.54) is 17.0 Å². The van der Waals surface area contributed by atoms with Crippen molar-refractivity contribution in [2.24, 2.45) is 5.73 Å². The van der Waals surface area contributed by atoms with Gasteiger partial charge in [-0.1, -0.05) is 29.3 Å². The Kier molecular flexibility index (Phi) is 7.48. The Hall–Kier alpha value is -1.63. The molecule has 126 valence electrons. The summed E-state index contributed by atoms with van der Waals surface area (Å²) in [4.78, 5) is 36.6. The van der Waals surface area contributed by atoms with E-state index in [9.17, 15) is 14.4 Å². The van der Waals surface area contributed by atoms with Crippen molar-refractivity contribution >= 4 is 40.9 Å². The molecule has 0 heterocycles. The molecule has 2 N–H and O–H groups in total. The van der Waals surface area contributed by atoms with E-state index in [0.29, 0.717) is 0 Å². The molecular formula is C15H18Cl2N2O4. The van der Waals surface area contributed by atoms with E-state index in [1.54, 1.807) is 20.2 Å². The summed E-state index contributed by atoms with van der Waals surface area (Å²) in [6, 6.07) is 3.69. The quantitative estimate of drug-likeness (QED) is 0.750. The van der Waals surface area contributed by atoms with Gasteiger partial charge in [0, 0.05) is 20.5 Å². The number of Topliss-reactive ketones (excluding diaryl/α,β-unsaturated/α-hetero) is 1. The highest BCUT2D eigenvalue weighted by molar-refractivity contribution is 6.39. The van der Waals surface area contributed by atoms with Gasteiger partial charge in [0.25, 0.3) is 0 Å². The van der Waals surface area contributed by atoms with Crippen LogP contribution in [0.25, 0.3) is 0 Å². The number of halogens is 2. The third-order valence-corrected chi connectivity index (χ3v) is 3.72. The molecule has 8 heteroatoms. The molecular weight excluding hydrogens is 343 g/mol. The van der Waals surface area contributed by atoms with Crippen molar-refractivity contribution < 1.29 is 19.1 Å². The molecule has 1 atom stereocenters. The molecule has 0 aliphatic rings. The smallest absolute Gasteiger partial charge is 0.341 e. The third-order valence-electron chi connectivity index (χ3n) is 3.09. The van der Waals surface area contributed by atoms with Crippen molar-refractivity contribution in [3.63, 3.8) is 0 Å². The number of amides is 1. The number of carbonyl (C=O) groups excluding carboxylic acids is 3. The van der Waals surface area contributed by atoms with Gasteiger partial charge < -0.3 is 15.4 Å². The molecule has 0 fully saturated rings.